The number of hydrogen-bond donors (Lipinski definition) is 0. The van der Waals surface area contributed by atoms with Crippen LogP contribution in [-0.2, 0) is 10.8 Å². The molecule has 63 heavy (non-hydrogen) atoms. The maximum Gasteiger partial charge on any atom is 0.0720 e. The van der Waals surface area contributed by atoms with E-state index < -0.39 is 10.8 Å². The van der Waals surface area contributed by atoms with Crippen LogP contribution in [0.15, 0.2) is 249 Å². The van der Waals surface area contributed by atoms with Gasteiger partial charge in [0.25, 0.3) is 0 Å². The topological polar surface area (TPSA) is 3.24 Å². The Bertz CT molecular complexity index is 3200. The first-order valence-electron chi connectivity index (χ1n) is 22.0. The summed E-state index contributed by atoms with van der Waals surface area (Å²) in [7, 11) is 0. The fourth-order valence-corrected chi connectivity index (χ4v) is 11.7. The minimum atomic E-state index is -0.577. The summed E-state index contributed by atoms with van der Waals surface area (Å²) in [6.07, 6.45) is 0. The largest absolute Gasteiger partial charge is 0.310 e. The Balaban J connectivity index is 1.07. The van der Waals surface area contributed by atoms with Gasteiger partial charge in [0.1, 0.15) is 0 Å². The third kappa shape index (κ3) is 4.94. The van der Waals surface area contributed by atoms with E-state index in [4.69, 9.17) is 0 Å². The van der Waals surface area contributed by atoms with Gasteiger partial charge >= 0.3 is 0 Å². The van der Waals surface area contributed by atoms with Gasteiger partial charge in [-0.25, -0.2) is 0 Å². The zero-order valence-electron chi connectivity index (χ0n) is 34.6. The second-order valence-electron chi connectivity index (χ2n) is 17.1. The predicted molar refractivity (Wildman–Crippen MR) is 260 cm³/mol. The van der Waals surface area contributed by atoms with Gasteiger partial charge in [0.2, 0.25) is 0 Å². The van der Waals surface area contributed by atoms with E-state index in [1.165, 1.54) is 89.0 Å². The molecule has 0 unspecified atom stereocenters. The molecular formula is C62H41N. The van der Waals surface area contributed by atoms with Crippen molar-refractivity contribution in [3.63, 3.8) is 0 Å². The van der Waals surface area contributed by atoms with Gasteiger partial charge in [-0.1, -0.05) is 212 Å². The van der Waals surface area contributed by atoms with Crippen molar-refractivity contribution in [2.45, 2.75) is 10.8 Å². The molecule has 0 aliphatic heterocycles. The lowest BCUT2D eigenvalue weighted by atomic mass is 9.52. The van der Waals surface area contributed by atoms with Crippen molar-refractivity contribution in [3.8, 4) is 44.5 Å². The quantitative estimate of drug-likeness (QED) is 0.168. The number of benzene rings is 10. The molecule has 0 fully saturated rings. The van der Waals surface area contributed by atoms with Gasteiger partial charge in [0.15, 0.2) is 0 Å². The van der Waals surface area contributed by atoms with Crippen molar-refractivity contribution in [1.82, 2.24) is 0 Å². The van der Waals surface area contributed by atoms with Crippen LogP contribution < -0.4 is 4.90 Å². The van der Waals surface area contributed by atoms with E-state index in [0.717, 1.165) is 17.1 Å². The summed E-state index contributed by atoms with van der Waals surface area (Å²) in [5.74, 6) is 0. The number of rotatable bonds is 5. The van der Waals surface area contributed by atoms with Crippen molar-refractivity contribution in [2.24, 2.45) is 0 Å². The van der Waals surface area contributed by atoms with Gasteiger partial charge in [-0.2, -0.15) is 0 Å². The Morgan fingerprint density at radius 3 is 0.889 bits per heavy atom. The molecule has 0 atom stereocenters. The van der Waals surface area contributed by atoms with E-state index in [-0.39, 0.29) is 0 Å². The van der Waals surface area contributed by atoms with E-state index >= 15 is 0 Å². The third-order valence-corrected chi connectivity index (χ3v) is 14.2. The Morgan fingerprint density at radius 1 is 0.206 bits per heavy atom. The van der Waals surface area contributed by atoms with Crippen LogP contribution in [0.25, 0.3) is 44.5 Å². The normalized spacial score (nSPS) is 14.0. The minimum absolute atomic E-state index is 0.478. The lowest BCUT2D eigenvalue weighted by molar-refractivity contribution is 0.633. The molecule has 0 bridgehead atoms. The molecule has 0 radical (unpaired) electrons. The second-order valence-corrected chi connectivity index (χ2v) is 17.1. The monoisotopic (exact) mass is 799 g/mol. The van der Waals surface area contributed by atoms with Gasteiger partial charge < -0.3 is 4.90 Å². The van der Waals surface area contributed by atoms with E-state index in [1.54, 1.807) is 0 Å². The maximum absolute atomic E-state index is 2.51. The van der Waals surface area contributed by atoms with Gasteiger partial charge in [-0.3, -0.25) is 0 Å². The second kappa shape index (κ2) is 13.8. The third-order valence-electron chi connectivity index (χ3n) is 14.2. The van der Waals surface area contributed by atoms with Crippen molar-refractivity contribution in [3.05, 3.63) is 293 Å². The van der Waals surface area contributed by atoms with Crippen LogP contribution >= 0.6 is 0 Å². The molecule has 0 N–H and O–H groups in total. The zero-order valence-corrected chi connectivity index (χ0v) is 34.6. The highest BCUT2D eigenvalue weighted by atomic mass is 15.1. The molecule has 3 aliphatic carbocycles. The molecule has 3 aliphatic rings. The molecular weight excluding hydrogens is 759 g/mol. The number of fused-ring (bicyclic) bond motifs is 16. The lowest BCUT2D eigenvalue weighted by Gasteiger charge is -2.49. The standard InChI is InChI=1S/C62H41N/c1-3-17-42(18-4-1)44-31-35-46(36-32-44)63(47-37-33-45(34-38-47)43-19-5-2-6-20-43)48-39-40-52-51-23-9-12-26-55(51)62(60(52)41-48)58-29-15-13-27-56(58)61(57-28-14-16-30-59(57)62)53-24-10-7-21-49(53)50-22-8-11-25-54(50)61/h1-41H. The molecule has 0 saturated heterocycles. The van der Waals surface area contributed by atoms with Crippen molar-refractivity contribution >= 4 is 17.1 Å². The fraction of sp³-hybridized carbons (Fsp3) is 0.0323. The molecule has 1 nitrogen and oxygen atoms in total. The first kappa shape index (κ1) is 35.7. The summed E-state index contributed by atoms with van der Waals surface area (Å²) in [5.41, 5.74) is 23.0. The van der Waals surface area contributed by atoms with Crippen LogP contribution in [0.2, 0.25) is 0 Å². The highest BCUT2D eigenvalue weighted by Crippen LogP contribution is 2.67. The first-order chi connectivity index (χ1) is 31.3. The van der Waals surface area contributed by atoms with Crippen LogP contribution in [0.1, 0.15) is 44.5 Å². The van der Waals surface area contributed by atoms with Gasteiger partial charge in [0, 0.05) is 17.1 Å². The minimum Gasteiger partial charge on any atom is -0.310 e. The molecule has 0 heterocycles. The van der Waals surface area contributed by atoms with Crippen molar-refractivity contribution < 1.29 is 0 Å². The number of nitrogens with zero attached hydrogens (tertiary/aromatic N) is 1. The highest BCUT2D eigenvalue weighted by molar-refractivity contribution is 5.95. The molecule has 13 rings (SSSR count). The van der Waals surface area contributed by atoms with Crippen LogP contribution in [-0.4, -0.2) is 0 Å². The molecule has 0 aromatic heterocycles. The number of anilines is 3. The lowest BCUT2D eigenvalue weighted by Crippen LogP contribution is -2.43. The highest BCUT2D eigenvalue weighted by Gasteiger charge is 2.58. The zero-order chi connectivity index (χ0) is 41.5. The summed E-state index contributed by atoms with van der Waals surface area (Å²) in [4.78, 5) is 2.44. The molecule has 10 aromatic rings. The molecule has 1 heteroatoms. The average Bonchev–Trinajstić information content (AvgIpc) is 3.82. The van der Waals surface area contributed by atoms with Crippen LogP contribution in [0.4, 0.5) is 17.1 Å². The van der Waals surface area contributed by atoms with Crippen molar-refractivity contribution in [1.29, 1.82) is 0 Å². The van der Waals surface area contributed by atoms with Gasteiger partial charge in [-0.05, 0) is 125 Å². The Labute approximate surface area is 368 Å². The Kier molecular flexibility index (Phi) is 7.80. The fourth-order valence-electron chi connectivity index (χ4n) is 11.7. The summed E-state index contributed by atoms with van der Waals surface area (Å²) in [5, 5.41) is 0. The van der Waals surface area contributed by atoms with E-state index in [0.29, 0.717) is 0 Å². The number of hydrogen-bond acceptors (Lipinski definition) is 1. The summed E-state index contributed by atoms with van der Waals surface area (Å²) < 4.78 is 0. The average molecular weight is 800 g/mol. The molecule has 0 amide bonds. The summed E-state index contributed by atoms with van der Waals surface area (Å²) in [6, 6.07) is 92.7. The van der Waals surface area contributed by atoms with E-state index in [2.05, 4.69) is 254 Å². The summed E-state index contributed by atoms with van der Waals surface area (Å²) in [6.45, 7) is 0. The first-order valence-corrected chi connectivity index (χ1v) is 22.0. The van der Waals surface area contributed by atoms with Crippen molar-refractivity contribution in [2.75, 3.05) is 4.90 Å². The van der Waals surface area contributed by atoms with Gasteiger partial charge in [0.05, 0.1) is 10.8 Å². The molecule has 2 spiro atoms. The van der Waals surface area contributed by atoms with Crippen LogP contribution in [0.5, 0.6) is 0 Å². The summed E-state index contributed by atoms with van der Waals surface area (Å²) >= 11 is 0. The van der Waals surface area contributed by atoms with Crippen LogP contribution in [0, 0.1) is 0 Å². The van der Waals surface area contributed by atoms with E-state index in [9.17, 15) is 0 Å². The molecule has 0 saturated carbocycles. The SMILES string of the molecule is c1ccc(-c2ccc(N(c3ccc(-c4ccccc4)cc3)c3ccc4c(c3)C3(c5ccccc5-4)c4ccccc4C4(c5ccccc5-c5ccccc54)c4ccccc43)cc2)cc1. The molecule has 294 valence electrons. The van der Waals surface area contributed by atoms with E-state index in [1.807, 2.05) is 0 Å². The van der Waals surface area contributed by atoms with Gasteiger partial charge in [-0.15, -0.1) is 0 Å². The Morgan fingerprint density at radius 2 is 0.492 bits per heavy atom. The molecule has 10 aromatic carbocycles. The Hall–Kier alpha value is -8.00. The predicted octanol–water partition coefficient (Wildman–Crippen LogP) is 15.5. The smallest absolute Gasteiger partial charge is 0.0720 e. The maximum atomic E-state index is 2.51. The van der Waals surface area contributed by atoms with Crippen LogP contribution in [0.3, 0.4) is 0 Å².